The predicted octanol–water partition coefficient (Wildman–Crippen LogP) is 0.786. The van der Waals surface area contributed by atoms with Gasteiger partial charge >= 0.3 is 5.97 Å². The summed E-state index contributed by atoms with van der Waals surface area (Å²) in [6.07, 6.45) is 1.55. The first-order valence-electron chi connectivity index (χ1n) is 6.46. The number of amides is 1. The van der Waals surface area contributed by atoms with Crippen molar-refractivity contribution in [2.75, 3.05) is 18.1 Å². The third-order valence-electron chi connectivity index (χ3n) is 3.35. The summed E-state index contributed by atoms with van der Waals surface area (Å²) in [4.78, 5) is 25.1. The third kappa shape index (κ3) is 3.55. The Hall–Kier alpha value is -1.47. The zero-order valence-electron chi connectivity index (χ0n) is 11.2. The molecule has 0 spiro atoms. The van der Waals surface area contributed by atoms with E-state index in [9.17, 15) is 14.7 Å². The predicted molar refractivity (Wildman–Crippen MR) is 75.5 cm³/mol. The normalized spacial score (nSPS) is 21.4. The molecule has 2 unspecified atom stereocenters. The van der Waals surface area contributed by atoms with Gasteiger partial charge in [0.1, 0.15) is 11.8 Å². The van der Waals surface area contributed by atoms with Crippen LogP contribution in [0.25, 0.3) is 0 Å². The number of rotatable bonds is 5. The second-order valence-electron chi connectivity index (χ2n) is 4.64. The van der Waals surface area contributed by atoms with E-state index in [1.165, 1.54) is 0 Å². The van der Waals surface area contributed by atoms with Crippen LogP contribution in [-0.2, 0) is 16.1 Å². The number of aliphatic carboxylic acids is 1. The van der Waals surface area contributed by atoms with Gasteiger partial charge in [-0.05, 0) is 19.1 Å². The number of thioether (sulfide) groups is 1. The monoisotopic (exact) mass is 298 g/mol. The molecule has 1 aliphatic rings. The van der Waals surface area contributed by atoms with Crippen LogP contribution >= 0.6 is 11.8 Å². The van der Waals surface area contributed by atoms with Gasteiger partial charge in [-0.15, -0.1) is 0 Å². The third-order valence-corrected chi connectivity index (χ3v) is 4.37. The van der Waals surface area contributed by atoms with Crippen LogP contribution in [0.2, 0.25) is 0 Å². The summed E-state index contributed by atoms with van der Waals surface area (Å²) in [6, 6.07) is 2.47. The van der Waals surface area contributed by atoms with Crippen molar-refractivity contribution in [2.45, 2.75) is 25.6 Å². The summed E-state index contributed by atoms with van der Waals surface area (Å²) in [5, 5.41) is 12.0. The molecule has 1 amide bonds. The van der Waals surface area contributed by atoms with Gasteiger partial charge in [0, 0.05) is 18.1 Å². The minimum atomic E-state index is -0.872. The Morgan fingerprint density at radius 1 is 1.65 bits per heavy atom. The van der Waals surface area contributed by atoms with Gasteiger partial charge in [0.2, 0.25) is 5.91 Å². The van der Waals surface area contributed by atoms with E-state index in [0.717, 1.165) is 5.75 Å². The fraction of sp³-hybridized carbons (Fsp3) is 0.538. The van der Waals surface area contributed by atoms with Crippen molar-refractivity contribution >= 4 is 23.6 Å². The van der Waals surface area contributed by atoms with Crippen molar-refractivity contribution in [1.29, 1.82) is 0 Å². The van der Waals surface area contributed by atoms with Gasteiger partial charge in [0.15, 0.2) is 0 Å². The zero-order valence-corrected chi connectivity index (χ0v) is 12.1. The van der Waals surface area contributed by atoms with Gasteiger partial charge in [0.25, 0.3) is 0 Å². The Morgan fingerprint density at radius 3 is 3.10 bits per heavy atom. The quantitative estimate of drug-likeness (QED) is 0.836. The zero-order chi connectivity index (χ0) is 14.5. The highest BCUT2D eigenvalue weighted by molar-refractivity contribution is 7.99. The van der Waals surface area contributed by atoms with E-state index in [1.54, 1.807) is 42.0 Å². The van der Waals surface area contributed by atoms with Crippen molar-refractivity contribution in [2.24, 2.45) is 0 Å². The second-order valence-corrected chi connectivity index (χ2v) is 5.79. The first kappa shape index (κ1) is 14.9. The number of furan rings is 1. The van der Waals surface area contributed by atoms with Crippen LogP contribution in [0.1, 0.15) is 12.7 Å². The molecule has 6 nitrogen and oxygen atoms in total. The van der Waals surface area contributed by atoms with E-state index in [-0.39, 0.29) is 5.91 Å². The molecule has 2 N–H and O–H groups in total. The van der Waals surface area contributed by atoms with Crippen LogP contribution in [0, 0.1) is 0 Å². The SMILES string of the molecule is CC(C(=O)NCc1ccco1)N1CCSCC1C(=O)O. The molecule has 1 aromatic heterocycles. The van der Waals surface area contributed by atoms with Crippen LogP contribution in [0.4, 0.5) is 0 Å². The van der Waals surface area contributed by atoms with E-state index in [2.05, 4.69) is 5.32 Å². The fourth-order valence-electron chi connectivity index (χ4n) is 2.18. The van der Waals surface area contributed by atoms with E-state index in [1.807, 2.05) is 0 Å². The lowest BCUT2D eigenvalue weighted by molar-refractivity contribution is -0.144. The maximum absolute atomic E-state index is 12.1. The molecule has 0 bridgehead atoms. The molecule has 2 heterocycles. The number of carboxylic acids is 1. The Balaban J connectivity index is 1.92. The molecule has 0 radical (unpaired) electrons. The molecule has 1 aliphatic heterocycles. The minimum Gasteiger partial charge on any atom is -0.480 e. The largest absolute Gasteiger partial charge is 0.480 e. The Bertz CT molecular complexity index is 463. The van der Waals surface area contributed by atoms with E-state index < -0.39 is 18.1 Å². The summed E-state index contributed by atoms with van der Waals surface area (Å²) in [5.41, 5.74) is 0. The number of hydrogen-bond donors (Lipinski definition) is 2. The van der Waals surface area contributed by atoms with Gasteiger partial charge in [-0.3, -0.25) is 14.5 Å². The van der Waals surface area contributed by atoms with E-state index in [4.69, 9.17) is 4.42 Å². The molecule has 2 atom stereocenters. The van der Waals surface area contributed by atoms with Crippen LogP contribution in [-0.4, -0.2) is 52.0 Å². The summed E-state index contributed by atoms with van der Waals surface area (Å²) in [5.74, 6) is 0.988. The number of nitrogens with one attached hydrogen (secondary N) is 1. The van der Waals surface area contributed by atoms with Crippen molar-refractivity contribution < 1.29 is 19.1 Å². The second kappa shape index (κ2) is 6.81. The molecular formula is C13H18N2O4S. The molecule has 0 aromatic carbocycles. The van der Waals surface area contributed by atoms with E-state index >= 15 is 0 Å². The maximum Gasteiger partial charge on any atom is 0.321 e. The van der Waals surface area contributed by atoms with Crippen molar-refractivity contribution in [1.82, 2.24) is 10.2 Å². The van der Waals surface area contributed by atoms with Gasteiger partial charge in [-0.25, -0.2) is 0 Å². The molecule has 2 rings (SSSR count). The van der Waals surface area contributed by atoms with Gasteiger partial charge in [-0.2, -0.15) is 11.8 Å². The number of carbonyl (C=O) groups is 2. The van der Waals surface area contributed by atoms with Crippen LogP contribution in [0.15, 0.2) is 22.8 Å². The smallest absolute Gasteiger partial charge is 0.321 e. The highest BCUT2D eigenvalue weighted by Crippen LogP contribution is 2.19. The molecule has 0 aliphatic carbocycles. The number of hydrogen-bond acceptors (Lipinski definition) is 5. The Morgan fingerprint density at radius 2 is 2.45 bits per heavy atom. The summed E-state index contributed by atoms with van der Waals surface area (Å²) in [6.45, 7) is 2.66. The van der Waals surface area contributed by atoms with E-state index in [0.29, 0.717) is 24.6 Å². The topological polar surface area (TPSA) is 82.8 Å². The van der Waals surface area contributed by atoms with Gasteiger partial charge < -0.3 is 14.8 Å². The van der Waals surface area contributed by atoms with Crippen molar-refractivity contribution in [3.8, 4) is 0 Å². The number of carboxylic acid groups (broad SMARTS) is 1. The van der Waals surface area contributed by atoms with Crippen LogP contribution in [0.3, 0.4) is 0 Å². The first-order valence-corrected chi connectivity index (χ1v) is 7.61. The lowest BCUT2D eigenvalue weighted by Crippen LogP contribution is -2.55. The molecular weight excluding hydrogens is 280 g/mol. The molecule has 1 aromatic rings. The molecule has 7 heteroatoms. The fourth-order valence-corrected chi connectivity index (χ4v) is 3.24. The average Bonchev–Trinajstić information content (AvgIpc) is 2.97. The van der Waals surface area contributed by atoms with Crippen molar-refractivity contribution in [3.63, 3.8) is 0 Å². The molecule has 110 valence electrons. The van der Waals surface area contributed by atoms with Crippen LogP contribution < -0.4 is 5.32 Å². The molecule has 1 fully saturated rings. The number of carbonyl (C=O) groups excluding carboxylic acids is 1. The lowest BCUT2D eigenvalue weighted by Gasteiger charge is -2.36. The molecule has 20 heavy (non-hydrogen) atoms. The summed E-state index contributed by atoms with van der Waals surface area (Å²) >= 11 is 1.61. The van der Waals surface area contributed by atoms with Crippen molar-refractivity contribution in [3.05, 3.63) is 24.2 Å². The summed E-state index contributed by atoms with van der Waals surface area (Å²) < 4.78 is 5.14. The highest BCUT2D eigenvalue weighted by Gasteiger charge is 2.34. The van der Waals surface area contributed by atoms with Gasteiger partial charge in [-0.1, -0.05) is 0 Å². The Labute approximate surface area is 121 Å². The van der Waals surface area contributed by atoms with Crippen LogP contribution in [0.5, 0.6) is 0 Å². The molecule has 1 saturated heterocycles. The maximum atomic E-state index is 12.1. The number of nitrogens with zero attached hydrogens (tertiary/aromatic N) is 1. The average molecular weight is 298 g/mol. The Kier molecular flexibility index (Phi) is 5.08. The highest BCUT2D eigenvalue weighted by atomic mass is 32.2. The van der Waals surface area contributed by atoms with Gasteiger partial charge in [0.05, 0.1) is 18.8 Å². The minimum absolute atomic E-state index is 0.181. The molecule has 0 saturated carbocycles. The standard InChI is InChI=1S/C13H18N2O4S/c1-9(12(16)14-7-10-3-2-5-19-10)15-4-6-20-8-11(15)13(17)18/h2-3,5,9,11H,4,6-8H2,1H3,(H,14,16)(H,17,18). The summed E-state index contributed by atoms with van der Waals surface area (Å²) in [7, 11) is 0. The first-order chi connectivity index (χ1) is 9.59. The lowest BCUT2D eigenvalue weighted by atomic mass is 10.2.